The Morgan fingerprint density at radius 1 is 0.931 bits per heavy atom. The van der Waals surface area contributed by atoms with Crippen LogP contribution in [0.25, 0.3) is 10.9 Å². The fourth-order valence-corrected chi connectivity index (χ4v) is 3.43. The topological polar surface area (TPSA) is 66.9 Å². The smallest absolute Gasteiger partial charge is 0.296 e. The quantitative estimate of drug-likeness (QED) is 0.374. The van der Waals surface area contributed by atoms with Crippen LogP contribution in [0.3, 0.4) is 0 Å². The standard InChI is InChI=1S/C22H15Cl2N3O2/c23-15-11-9-14(10-12-15)13-27-19-8-4-2-6-17(19)20(22(27)29)25-26-21(28)16-5-1-3-7-18(16)24/h1-12,29H,13H2. The first-order valence-electron chi connectivity index (χ1n) is 8.80. The highest BCUT2D eigenvalue weighted by molar-refractivity contribution is 6.33. The van der Waals surface area contributed by atoms with Crippen molar-refractivity contribution in [3.63, 3.8) is 0 Å². The Labute approximate surface area is 176 Å². The number of aromatic nitrogens is 1. The van der Waals surface area contributed by atoms with Gasteiger partial charge in [0.05, 0.1) is 22.6 Å². The fraction of sp³-hybridized carbons (Fsp3) is 0.0455. The van der Waals surface area contributed by atoms with Gasteiger partial charge in [-0.25, -0.2) is 0 Å². The molecular weight excluding hydrogens is 409 g/mol. The zero-order valence-electron chi connectivity index (χ0n) is 15.1. The number of nitrogens with zero attached hydrogens (tertiary/aromatic N) is 3. The van der Waals surface area contributed by atoms with Crippen LogP contribution >= 0.6 is 23.2 Å². The number of fused-ring (bicyclic) bond motifs is 1. The minimum Gasteiger partial charge on any atom is -0.493 e. The van der Waals surface area contributed by atoms with Crippen LogP contribution in [-0.2, 0) is 6.54 Å². The molecule has 29 heavy (non-hydrogen) atoms. The lowest BCUT2D eigenvalue weighted by Gasteiger charge is -2.07. The molecule has 0 aliphatic heterocycles. The summed E-state index contributed by atoms with van der Waals surface area (Å²) < 4.78 is 1.72. The summed E-state index contributed by atoms with van der Waals surface area (Å²) in [6.45, 7) is 0.414. The molecule has 0 radical (unpaired) electrons. The van der Waals surface area contributed by atoms with Crippen LogP contribution in [-0.4, -0.2) is 15.6 Å². The summed E-state index contributed by atoms with van der Waals surface area (Å²) in [5.74, 6) is -0.651. The third kappa shape index (κ3) is 3.88. The van der Waals surface area contributed by atoms with E-state index in [2.05, 4.69) is 10.2 Å². The van der Waals surface area contributed by atoms with Gasteiger partial charge < -0.3 is 9.67 Å². The Balaban J connectivity index is 1.73. The van der Waals surface area contributed by atoms with Gasteiger partial charge in [0.15, 0.2) is 5.69 Å². The average Bonchev–Trinajstić information content (AvgIpc) is 2.99. The number of halogens is 2. The van der Waals surface area contributed by atoms with Crippen LogP contribution in [0.2, 0.25) is 10.0 Å². The second kappa shape index (κ2) is 8.07. The maximum absolute atomic E-state index is 12.4. The molecule has 0 bridgehead atoms. The summed E-state index contributed by atoms with van der Waals surface area (Å²) >= 11 is 12.0. The number of rotatable bonds is 4. The average molecular weight is 424 g/mol. The number of carbonyl (C=O) groups is 1. The summed E-state index contributed by atoms with van der Waals surface area (Å²) in [5, 5.41) is 20.3. The van der Waals surface area contributed by atoms with Gasteiger partial charge in [0.25, 0.3) is 5.91 Å². The van der Waals surface area contributed by atoms with E-state index in [0.29, 0.717) is 22.0 Å². The Kier molecular flexibility index (Phi) is 5.34. The summed E-state index contributed by atoms with van der Waals surface area (Å²) in [7, 11) is 0. The van der Waals surface area contributed by atoms with Gasteiger partial charge in [-0.15, -0.1) is 10.2 Å². The van der Waals surface area contributed by atoms with E-state index in [1.165, 1.54) is 0 Å². The van der Waals surface area contributed by atoms with Crippen LogP contribution in [0.4, 0.5) is 5.69 Å². The molecule has 0 saturated heterocycles. The zero-order chi connectivity index (χ0) is 20.4. The number of aromatic hydroxyl groups is 1. The van der Waals surface area contributed by atoms with Gasteiger partial charge in [-0.3, -0.25) is 4.79 Å². The van der Waals surface area contributed by atoms with E-state index in [0.717, 1.165) is 11.1 Å². The highest BCUT2D eigenvalue weighted by Crippen LogP contribution is 2.39. The molecule has 1 amide bonds. The summed E-state index contributed by atoms with van der Waals surface area (Å²) in [5.41, 5.74) is 2.22. The second-order valence-corrected chi connectivity index (χ2v) is 7.23. The molecule has 0 aliphatic carbocycles. The molecule has 0 saturated carbocycles. The number of amides is 1. The van der Waals surface area contributed by atoms with Crippen LogP contribution in [0.5, 0.6) is 5.88 Å². The monoisotopic (exact) mass is 423 g/mol. The van der Waals surface area contributed by atoms with Crippen molar-refractivity contribution >= 4 is 45.7 Å². The Bertz CT molecular complexity index is 1230. The van der Waals surface area contributed by atoms with Crippen molar-refractivity contribution in [3.8, 4) is 5.88 Å². The fourth-order valence-electron chi connectivity index (χ4n) is 3.09. The van der Waals surface area contributed by atoms with E-state index >= 15 is 0 Å². The van der Waals surface area contributed by atoms with Crippen LogP contribution in [0, 0.1) is 0 Å². The number of benzene rings is 3. The molecule has 1 aromatic heterocycles. The lowest BCUT2D eigenvalue weighted by Crippen LogP contribution is -1.98. The Morgan fingerprint density at radius 2 is 1.62 bits per heavy atom. The van der Waals surface area contributed by atoms with Crippen molar-refractivity contribution in [2.45, 2.75) is 6.54 Å². The molecule has 0 spiro atoms. The van der Waals surface area contributed by atoms with E-state index in [9.17, 15) is 9.90 Å². The molecule has 5 nitrogen and oxygen atoms in total. The molecule has 1 N–H and O–H groups in total. The van der Waals surface area contributed by atoms with Crippen molar-refractivity contribution in [1.29, 1.82) is 0 Å². The first-order valence-corrected chi connectivity index (χ1v) is 9.55. The molecule has 0 atom stereocenters. The molecule has 3 aromatic carbocycles. The number of carbonyl (C=O) groups excluding carboxylic acids is 1. The van der Waals surface area contributed by atoms with E-state index in [-0.39, 0.29) is 17.1 Å². The van der Waals surface area contributed by atoms with E-state index in [1.54, 1.807) is 41.0 Å². The third-order valence-electron chi connectivity index (χ3n) is 4.52. The number of hydrogen-bond acceptors (Lipinski definition) is 3. The van der Waals surface area contributed by atoms with Crippen molar-refractivity contribution in [2.75, 3.05) is 0 Å². The molecule has 4 rings (SSSR count). The predicted molar refractivity (Wildman–Crippen MR) is 114 cm³/mol. The molecule has 1 heterocycles. The highest BCUT2D eigenvalue weighted by Gasteiger charge is 2.17. The van der Waals surface area contributed by atoms with Gasteiger partial charge in [-0.1, -0.05) is 65.7 Å². The van der Waals surface area contributed by atoms with Crippen LogP contribution < -0.4 is 0 Å². The van der Waals surface area contributed by atoms with Gasteiger partial charge >= 0.3 is 0 Å². The largest absolute Gasteiger partial charge is 0.493 e. The zero-order valence-corrected chi connectivity index (χ0v) is 16.6. The lowest BCUT2D eigenvalue weighted by molar-refractivity contribution is 0.0995. The van der Waals surface area contributed by atoms with Crippen molar-refractivity contribution in [3.05, 3.63) is 94.0 Å². The Hall–Kier alpha value is -3.15. The number of para-hydroxylation sites is 1. The third-order valence-corrected chi connectivity index (χ3v) is 5.10. The Morgan fingerprint density at radius 3 is 2.38 bits per heavy atom. The van der Waals surface area contributed by atoms with Gasteiger partial charge in [-0.05, 0) is 35.9 Å². The molecule has 7 heteroatoms. The van der Waals surface area contributed by atoms with Crippen LogP contribution in [0.1, 0.15) is 15.9 Å². The van der Waals surface area contributed by atoms with Crippen molar-refractivity contribution < 1.29 is 9.90 Å². The molecule has 0 fully saturated rings. The first kappa shape index (κ1) is 19.2. The summed E-state index contributed by atoms with van der Waals surface area (Å²) in [4.78, 5) is 12.4. The minimum absolute atomic E-state index is 0.0724. The van der Waals surface area contributed by atoms with Crippen LogP contribution in [0.15, 0.2) is 83.0 Å². The SMILES string of the molecule is O=C(N=Nc1c(O)n(Cc2ccc(Cl)cc2)c2ccccc12)c1ccccc1Cl. The van der Waals surface area contributed by atoms with Gasteiger partial charge in [0.1, 0.15) is 0 Å². The first-order chi connectivity index (χ1) is 14.0. The predicted octanol–water partition coefficient (Wildman–Crippen LogP) is 6.63. The minimum atomic E-state index is -0.579. The van der Waals surface area contributed by atoms with Gasteiger partial charge in [-0.2, -0.15) is 0 Å². The molecule has 0 unspecified atom stereocenters. The maximum Gasteiger partial charge on any atom is 0.296 e. The molecule has 0 aliphatic rings. The number of azo groups is 1. The van der Waals surface area contributed by atoms with Gasteiger partial charge in [0.2, 0.25) is 5.88 Å². The lowest BCUT2D eigenvalue weighted by atomic mass is 10.2. The van der Waals surface area contributed by atoms with E-state index in [1.807, 2.05) is 36.4 Å². The van der Waals surface area contributed by atoms with Crippen molar-refractivity contribution in [2.24, 2.45) is 10.2 Å². The molecule has 4 aromatic rings. The summed E-state index contributed by atoms with van der Waals surface area (Å²) in [6.07, 6.45) is 0. The van der Waals surface area contributed by atoms with E-state index in [4.69, 9.17) is 23.2 Å². The highest BCUT2D eigenvalue weighted by atomic mass is 35.5. The summed E-state index contributed by atoms with van der Waals surface area (Å²) in [6, 6.07) is 21.4. The normalized spacial score (nSPS) is 11.4. The maximum atomic E-state index is 12.4. The number of hydrogen-bond donors (Lipinski definition) is 1. The molecule has 144 valence electrons. The molecular formula is C22H15Cl2N3O2. The van der Waals surface area contributed by atoms with Crippen molar-refractivity contribution in [1.82, 2.24) is 4.57 Å². The second-order valence-electron chi connectivity index (χ2n) is 6.39. The van der Waals surface area contributed by atoms with Gasteiger partial charge in [0, 0.05) is 10.4 Å². The van der Waals surface area contributed by atoms with E-state index < -0.39 is 5.91 Å².